The zero-order valence-corrected chi connectivity index (χ0v) is 19.7. The van der Waals surface area contributed by atoms with Crippen LogP contribution in [-0.2, 0) is 4.79 Å². The summed E-state index contributed by atoms with van der Waals surface area (Å²) >= 11 is 0. The fraction of sp³-hybridized carbons (Fsp3) is 0.192. The van der Waals surface area contributed by atoms with Gasteiger partial charge in [0.05, 0.1) is 6.04 Å². The first-order chi connectivity index (χ1) is 16.2. The first kappa shape index (κ1) is 23.2. The maximum absolute atomic E-state index is 12.6. The van der Waals surface area contributed by atoms with Gasteiger partial charge in [0.1, 0.15) is 34.4 Å². The number of ether oxygens (including phenoxy) is 1. The van der Waals surface area contributed by atoms with Crippen LogP contribution in [0.5, 0.6) is 11.5 Å². The lowest BCUT2D eigenvalue weighted by Crippen LogP contribution is -2.30. The van der Waals surface area contributed by atoms with E-state index >= 15 is 0 Å². The van der Waals surface area contributed by atoms with E-state index in [1.165, 1.54) is 0 Å². The van der Waals surface area contributed by atoms with Gasteiger partial charge in [-0.2, -0.15) is 13.5 Å². The molecule has 2 aromatic carbocycles. The van der Waals surface area contributed by atoms with Crippen LogP contribution in [0.4, 0.5) is 5.82 Å². The van der Waals surface area contributed by atoms with Crippen molar-refractivity contribution in [3.63, 3.8) is 0 Å². The van der Waals surface area contributed by atoms with Crippen molar-refractivity contribution in [3.8, 4) is 34.6 Å². The molecule has 1 amide bonds. The molecule has 34 heavy (non-hydrogen) atoms. The number of nitrogens with two attached hydrogens (primary N) is 1. The molecule has 2 N–H and O–H groups in total. The zero-order chi connectivity index (χ0) is 22.8. The molecule has 0 aliphatic carbocycles. The number of carbonyl (C=O) groups is 1. The van der Waals surface area contributed by atoms with Crippen molar-refractivity contribution in [3.05, 3.63) is 72.8 Å². The van der Waals surface area contributed by atoms with Gasteiger partial charge in [0, 0.05) is 24.5 Å². The number of aromatic nitrogens is 3. The van der Waals surface area contributed by atoms with Crippen LogP contribution in [0.3, 0.4) is 0 Å². The van der Waals surface area contributed by atoms with E-state index in [-0.39, 0.29) is 25.4 Å². The zero-order valence-electron chi connectivity index (χ0n) is 18.7. The van der Waals surface area contributed by atoms with Gasteiger partial charge in [-0.25, -0.2) is 9.97 Å². The highest BCUT2D eigenvalue weighted by atomic mass is 32.1. The average molecular weight is 472 g/mol. The van der Waals surface area contributed by atoms with Crippen LogP contribution in [0.25, 0.3) is 16.8 Å². The van der Waals surface area contributed by atoms with Gasteiger partial charge in [-0.15, -0.1) is 0 Å². The third-order valence-electron chi connectivity index (χ3n) is 5.76. The van der Waals surface area contributed by atoms with Crippen molar-refractivity contribution >= 4 is 30.7 Å². The molecular formula is C26H25N5O2S. The Kier molecular flexibility index (Phi) is 6.75. The fourth-order valence-corrected chi connectivity index (χ4v) is 4.29. The molecule has 0 unspecified atom stereocenters. The number of anilines is 1. The number of fused-ring (bicyclic) bond motifs is 1. The number of imidazole rings is 1. The number of rotatable bonds is 4. The van der Waals surface area contributed by atoms with Gasteiger partial charge in [0.2, 0.25) is 0 Å². The number of nitrogens with zero attached hydrogens (tertiary/aromatic N) is 4. The summed E-state index contributed by atoms with van der Waals surface area (Å²) < 4.78 is 7.86. The number of nitrogen functional groups attached to an aromatic ring is 1. The summed E-state index contributed by atoms with van der Waals surface area (Å²) in [6.45, 7) is 2.33. The summed E-state index contributed by atoms with van der Waals surface area (Å²) in [4.78, 5) is 23.6. The fourth-order valence-electron chi connectivity index (χ4n) is 4.29. The number of benzene rings is 2. The molecule has 1 aliphatic rings. The molecular weight excluding hydrogens is 446 g/mol. The maximum atomic E-state index is 12.6. The largest absolute Gasteiger partial charge is 0.457 e. The molecule has 1 fully saturated rings. The van der Waals surface area contributed by atoms with Gasteiger partial charge in [-0.1, -0.05) is 24.1 Å². The Balaban J connectivity index is 0.00000274. The molecule has 5 rings (SSSR count). The third kappa shape index (κ3) is 4.30. The van der Waals surface area contributed by atoms with Crippen LogP contribution in [0.15, 0.2) is 67.0 Å². The second-order valence-electron chi connectivity index (χ2n) is 7.82. The van der Waals surface area contributed by atoms with E-state index in [2.05, 4.69) is 16.8 Å². The van der Waals surface area contributed by atoms with Gasteiger partial charge in [0.15, 0.2) is 0 Å². The van der Waals surface area contributed by atoms with Crippen LogP contribution >= 0.6 is 13.5 Å². The Bertz CT molecular complexity index is 1370. The molecule has 1 atom stereocenters. The Morgan fingerprint density at radius 2 is 1.85 bits per heavy atom. The number of likely N-dealkylation sites (tertiary alicyclic amines) is 1. The molecule has 1 aliphatic heterocycles. The maximum Gasteiger partial charge on any atom is 0.299 e. The summed E-state index contributed by atoms with van der Waals surface area (Å²) in [5.41, 5.74) is 8.62. The number of amides is 1. The SMILES string of the molecule is CC#CC(=O)N1CCC[C@H]1c1nc(-c2ccc(Oc3ccccc3)cc2)c2c(N)nccn12.S. The monoisotopic (exact) mass is 471 g/mol. The molecule has 4 aromatic rings. The molecule has 0 saturated carbocycles. The summed E-state index contributed by atoms with van der Waals surface area (Å²) in [5, 5.41) is 0. The smallest absolute Gasteiger partial charge is 0.299 e. The van der Waals surface area contributed by atoms with Crippen molar-refractivity contribution < 1.29 is 9.53 Å². The van der Waals surface area contributed by atoms with E-state index in [9.17, 15) is 4.79 Å². The topological polar surface area (TPSA) is 85.8 Å². The molecule has 0 bridgehead atoms. The molecule has 7 nitrogen and oxygen atoms in total. The van der Waals surface area contributed by atoms with Gasteiger partial charge < -0.3 is 15.4 Å². The van der Waals surface area contributed by atoms with E-state index < -0.39 is 0 Å². The van der Waals surface area contributed by atoms with E-state index in [0.29, 0.717) is 12.4 Å². The number of hydrogen-bond donors (Lipinski definition) is 1. The Morgan fingerprint density at radius 1 is 1.12 bits per heavy atom. The van der Waals surface area contributed by atoms with Crippen LogP contribution in [-0.4, -0.2) is 31.7 Å². The standard InChI is InChI=1S/C26H23N5O2.H2S/c1-2-7-22(32)30-16-6-10-21(30)26-29-23(24-25(27)28-15-17-31(24)26)18-11-13-20(14-12-18)33-19-8-4-3-5-9-19;/h3-5,8-9,11-15,17,21H,6,10,16H2,1H3,(H2,27,28);1H2/t21-;/m0./s1. The highest BCUT2D eigenvalue weighted by Crippen LogP contribution is 2.37. The minimum absolute atomic E-state index is 0. The lowest BCUT2D eigenvalue weighted by atomic mass is 10.1. The Labute approximate surface area is 205 Å². The van der Waals surface area contributed by atoms with Gasteiger partial charge in [0.25, 0.3) is 5.91 Å². The van der Waals surface area contributed by atoms with E-state index in [1.807, 2.05) is 65.2 Å². The number of carbonyl (C=O) groups excluding carboxylic acids is 1. The Hall–Kier alpha value is -3.96. The van der Waals surface area contributed by atoms with Crippen molar-refractivity contribution in [2.24, 2.45) is 0 Å². The highest BCUT2D eigenvalue weighted by Gasteiger charge is 2.33. The minimum atomic E-state index is -0.178. The van der Waals surface area contributed by atoms with E-state index in [0.717, 1.165) is 46.9 Å². The van der Waals surface area contributed by atoms with Crippen LogP contribution in [0.1, 0.15) is 31.6 Å². The van der Waals surface area contributed by atoms with E-state index in [1.54, 1.807) is 18.0 Å². The summed E-state index contributed by atoms with van der Waals surface area (Å²) in [6.07, 6.45) is 5.22. The van der Waals surface area contributed by atoms with Crippen molar-refractivity contribution in [1.82, 2.24) is 19.3 Å². The first-order valence-corrected chi connectivity index (χ1v) is 10.8. The second kappa shape index (κ2) is 9.89. The predicted octanol–water partition coefficient (Wildman–Crippen LogP) is 4.57. The second-order valence-corrected chi connectivity index (χ2v) is 7.82. The summed E-state index contributed by atoms with van der Waals surface area (Å²) in [6, 6.07) is 17.2. The molecule has 0 spiro atoms. The quantitative estimate of drug-likeness (QED) is 0.441. The van der Waals surface area contributed by atoms with Crippen LogP contribution in [0.2, 0.25) is 0 Å². The lowest BCUT2D eigenvalue weighted by molar-refractivity contribution is -0.126. The molecule has 2 aromatic heterocycles. The van der Waals surface area contributed by atoms with Crippen molar-refractivity contribution in [2.45, 2.75) is 25.8 Å². The van der Waals surface area contributed by atoms with E-state index in [4.69, 9.17) is 15.5 Å². The minimum Gasteiger partial charge on any atom is -0.457 e. The Morgan fingerprint density at radius 3 is 2.59 bits per heavy atom. The number of hydrogen-bond acceptors (Lipinski definition) is 5. The third-order valence-corrected chi connectivity index (χ3v) is 5.76. The molecule has 8 heteroatoms. The molecule has 3 heterocycles. The molecule has 1 saturated heterocycles. The normalized spacial score (nSPS) is 14.9. The molecule has 172 valence electrons. The van der Waals surface area contributed by atoms with Crippen LogP contribution < -0.4 is 10.5 Å². The van der Waals surface area contributed by atoms with Crippen LogP contribution in [0, 0.1) is 11.8 Å². The predicted molar refractivity (Wildman–Crippen MR) is 137 cm³/mol. The summed E-state index contributed by atoms with van der Waals surface area (Å²) in [5.74, 6) is 7.84. The van der Waals surface area contributed by atoms with Gasteiger partial charge in [-0.05, 0) is 62.1 Å². The van der Waals surface area contributed by atoms with Gasteiger partial charge in [-0.3, -0.25) is 9.20 Å². The van der Waals surface area contributed by atoms with Gasteiger partial charge >= 0.3 is 0 Å². The first-order valence-electron chi connectivity index (χ1n) is 10.8. The molecule has 0 radical (unpaired) electrons. The lowest BCUT2D eigenvalue weighted by Gasteiger charge is -2.21. The number of para-hydroxylation sites is 1. The van der Waals surface area contributed by atoms with Crippen molar-refractivity contribution in [2.75, 3.05) is 12.3 Å². The average Bonchev–Trinajstić information content (AvgIpc) is 3.46. The summed E-state index contributed by atoms with van der Waals surface area (Å²) in [7, 11) is 0. The highest BCUT2D eigenvalue weighted by molar-refractivity contribution is 7.59. The van der Waals surface area contributed by atoms with Crippen molar-refractivity contribution in [1.29, 1.82) is 0 Å².